The van der Waals surface area contributed by atoms with Crippen LogP contribution in [-0.2, 0) is 6.54 Å². The molecule has 1 aliphatic heterocycles. The van der Waals surface area contributed by atoms with Crippen molar-refractivity contribution in [2.75, 3.05) is 13.1 Å². The number of benzene rings is 1. The van der Waals surface area contributed by atoms with Crippen molar-refractivity contribution in [2.45, 2.75) is 26.3 Å². The molecule has 0 bridgehead atoms. The number of hydrogen-bond donors (Lipinski definition) is 1. The first kappa shape index (κ1) is 13.8. The Labute approximate surface area is 128 Å². The van der Waals surface area contributed by atoms with Gasteiger partial charge in [-0.05, 0) is 50.4 Å². The lowest BCUT2D eigenvalue weighted by molar-refractivity contribution is 0.325. The Bertz CT molecular complexity index is 585. The average Bonchev–Trinajstić information content (AvgIpc) is 2.81. The molecule has 0 saturated carbocycles. The molecule has 1 aliphatic rings. The van der Waals surface area contributed by atoms with Gasteiger partial charge < -0.3 is 5.32 Å². The van der Waals surface area contributed by atoms with E-state index in [0.717, 1.165) is 29.8 Å². The molecule has 3 rings (SSSR count). The zero-order valence-corrected chi connectivity index (χ0v) is 13.4. The Morgan fingerprint density at radius 2 is 2.20 bits per heavy atom. The highest BCUT2D eigenvalue weighted by atomic mass is 79.9. The normalized spacial score (nSPS) is 19.2. The lowest BCUT2D eigenvalue weighted by Gasteiger charge is -2.22. The maximum absolute atomic E-state index is 4.69. The van der Waals surface area contributed by atoms with Gasteiger partial charge in [-0.2, -0.15) is 5.10 Å². The standard InChI is InChI=1S/C16H20BrN3/c1-12-15(14-6-2-3-7-16(14)17)11-20(19-12)10-13-5-4-8-18-9-13/h2-3,6-7,11,13,18H,4-5,8-10H2,1H3. The van der Waals surface area contributed by atoms with Gasteiger partial charge in [-0.3, -0.25) is 4.68 Å². The zero-order chi connectivity index (χ0) is 13.9. The minimum absolute atomic E-state index is 0.704. The van der Waals surface area contributed by atoms with Crippen LogP contribution in [0.5, 0.6) is 0 Å². The Balaban J connectivity index is 1.82. The monoisotopic (exact) mass is 333 g/mol. The van der Waals surface area contributed by atoms with Crippen molar-refractivity contribution in [3.63, 3.8) is 0 Å². The van der Waals surface area contributed by atoms with E-state index in [-0.39, 0.29) is 0 Å². The summed E-state index contributed by atoms with van der Waals surface area (Å²) >= 11 is 3.63. The molecule has 2 heterocycles. The molecule has 1 saturated heterocycles. The maximum atomic E-state index is 4.69. The molecule has 1 unspecified atom stereocenters. The zero-order valence-electron chi connectivity index (χ0n) is 11.8. The molecule has 1 fully saturated rings. The topological polar surface area (TPSA) is 29.9 Å². The van der Waals surface area contributed by atoms with Gasteiger partial charge >= 0.3 is 0 Å². The third-order valence-electron chi connectivity index (χ3n) is 3.95. The van der Waals surface area contributed by atoms with E-state index in [0.29, 0.717) is 5.92 Å². The summed E-state index contributed by atoms with van der Waals surface area (Å²) in [4.78, 5) is 0. The van der Waals surface area contributed by atoms with Gasteiger partial charge in [0.05, 0.1) is 5.69 Å². The van der Waals surface area contributed by atoms with Crippen molar-refractivity contribution in [3.05, 3.63) is 40.6 Å². The second-order valence-corrected chi connectivity index (χ2v) is 6.40. The molecule has 1 atom stereocenters. The molecule has 0 amide bonds. The Hall–Kier alpha value is -1.13. The molecule has 0 radical (unpaired) electrons. The van der Waals surface area contributed by atoms with Crippen LogP contribution >= 0.6 is 15.9 Å². The van der Waals surface area contributed by atoms with E-state index in [2.05, 4.69) is 57.2 Å². The highest BCUT2D eigenvalue weighted by molar-refractivity contribution is 9.10. The van der Waals surface area contributed by atoms with Gasteiger partial charge in [0.15, 0.2) is 0 Å². The summed E-state index contributed by atoms with van der Waals surface area (Å²) < 4.78 is 3.24. The van der Waals surface area contributed by atoms with E-state index in [9.17, 15) is 0 Å². The summed E-state index contributed by atoms with van der Waals surface area (Å²) in [5, 5.41) is 8.16. The molecule has 2 aromatic rings. The molecule has 1 aromatic heterocycles. The third kappa shape index (κ3) is 2.96. The molecule has 4 heteroatoms. The van der Waals surface area contributed by atoms with Gasteiger partial charge in [0, 0.05) is 22.8 Å². The molecule has 1 aromatic carbocycles. The minimum atomic E-state index is 0.704. The predicted molar refractivity (Wildman–Crippen MR) is 85.7 cm³/mol. The summed E-state index contributed by atoms with van der Waals surface area (Å²) in [6.07, 6.45) is 4.77. The van der Waals surface area contributed by atoms with E-state index >= 15 is 0 Å². The number of hydrogen-bond acceptors (Lipinski definition) is 2. The van der Waals surface area contributed by atoms with Crippen molar-refractivity contribution < 1.29 is 0 Å². The van der Waals surface area contributed by atoms with Crippen molar-refractivity contribution >= 4 is 15.9 Å². The van der Waals surface area contributed by atoms with Crippen molar-refractivity contribution in [3.8, 4) is 11.1 Å². The molecule has 20 heavy (non-hydrogen) atoms. The minimum Gasteiger partial charge on any atom is -0.316 e. The number of nitrogens with zero attached hydrogens (tertiary/aromatic N) is 2. The van der Waals surface area contributed by atoms with Crippen LogP contribution in [0.4, 0.5) is 0 Å². The van der Waals surface area contributed by atoms with Crippen LogP contribution in [0.25, 0.3) is 11.1 Å². The van der Waals surface area contributed by atoms with E-state index < -0.39 is 0 Å². The van der Waals surface area contributed by atoms with Gasteiger partial charge in [-0.1, -0.05) is 34.1 Å². The Kier molecular flexibility index (Phi) is 4.22. The van der Waals surface area contributed by atoms with Crippen LogP contribution in [0.15, 0.2) is 34.9 Å². The molecule has 3 nitrogen and oxygen atoms in total. The first-order valence-electron chi connectivity index (χ1n) is 7.23. The number of rotatable bonds is 3. The number of aromatic nitrogens is 2. The van der Waals surface area contributed by atoms with Crippen LogP contribution in [0.2, 0.25) is 0 Å². The van der Waals surface area contributed by atoms with E-state index in [4.69, 9.17) is 5.10 Å². The van der Waals surface area contributed by atoms with Crippen molar-refractivity contribution in [1.29, 1.82) is 0 Å². The first-order chi connectivity index (χ1) is 9.74. The molecule has 1 N–H and O–H groups in total. The van der Waals surface area contributed by atoms with E-state index in [1.165, 1.54) is 24.0 Å². The molecule has 0 spiro atoms. The smallest absolute Gasteiger partial charge is 0.0672 e. The number of piperidine rings is 1. The quantitative estimate of drug-likeness (QED) is 0.929. The summed E-state index contributed by atoms with van der Waals surface area (Å²) in [5.41, 5.74) is 3.54. The number of halogens is 1. The SMILES string of the molecule is Cc1nn(CC2CCCNC2)cc1-c1ccccc1Br. The van der Waals surface area contributed by atoms with E-state index in [1.807, 2.05) is 6.07 Å². The Morgan fingerprint density at radius 3 is 2.95 bits per heavy atom. The van der Waals surface area contributed by atoms with Gasteiger partial charge in [-0.15, -0.1) is 0 Å². The molecule has 0 aliphatic carbocycles. The number of aryl methyl sites for hydroxylation is 1. The highest BCUT2D eigenvalue weighted by Gasteiger charge is 2.16. The molecule has 106 valence electrons. The van der Waals surface area contributed by atoms with Crippen LogP contribution in [0.3, 0.4) is 0 Å². The van der Waals surface area contributed by atoms with Gasteiger partial charge in [-0.25, -0.2) is 0 Å². The summed E-state index contributed by atoms with van der Waals surface area (Å²) in [6, 6.07) is 8.33. The Morgan fingerprint density at radius 1 is 1.35 bits per heavy atom. The fraction of sp³-hybridized carbons (Fsp3) is 0.438. The third-order valence-corrected chi connectivity index (χ3v) is 4.65. The van der Waals surface area contributed by atoms with E-state index in [1.54, 1.807) is 0 Å². The van der Waals surface area contributed by atoms with Crippen LogP contribution in [-0.4, -0.2) is 22.9 Å². The molecular weight excluding hydrogens is 314 g/mol. The predicted octanol–water partition coefficient (Wildman–Crippen LogP) is 3.62. The van der Waals surface area contributed by atoms with Crippen molar-refractivity contribution in [2.24, 2.45) is 5.92 Å². The molecular formula is C16H20BrN3. The lowest BCUT2D eigenvalue weighted by atomic mass is 10.00. The van der Waals surface area contributed by atoms with Gasteiger partial charge in [0.2, 0.25) is 0 Å². The van der Waals surface area contributed by atoms with Gasteiger partial charge in [0.1, 0.15) is 0 Å². The fourth-order valence-corrected chi connectivity index (χ4v) is 3.40. The fourth-order valence-electron chi connectivity index (χ4n) is 2.90. The summed E-state index contributed by atoms with van der Waals surface area (Å²) in [5.74, 6) is 0.704. The second kappa shape index (κ2) is 6.10. The largest absolute Gasteiger partial charge is 0.316 e. The summed E-state index contributed by atoms with van der Waals surface area (Å²) in [6.45, 7) is 5.38. The summed E-state index contributed by atoms with van der Waals surface area (Å²) in [7, 11) is 0. The van der Waals surface area contributed by atoms with Crippen LogP contribution in [0.1, 0.15) is 18.5 Å². The maximum Gasteiger partial charge on any atom is 0.0672 e. The highest BCUT2D eigenvalue weighted by Crippen LogP contribution is 2.30. The van der Waals surface area contributed by atoms with Gasteiger partial charge in [0.25, 0.3) is 0 Å². The van der Waals surface area contributed by atoms with Crippen molar-refractivity contribution in [1.82, 2.24) is 15.1 Å². The van der Waals surface area contributed by atoms with Crippen LogP contribution in [0, 0.1) is 12.8 Å². The first-order valence-corrected chi connectivity index (χ1v) is 8.03. The average molecular weight is 334 g/mol. The second-order valence-electron chi connectivity index (χ2n) is 5.54. The lowest BCUT2D eigenvalue weighted by Crippen LogP contribution is -2.32. The number of nitrogens with one attached hydrogen (secondary N) is 1. The van der Waals surface area contributed by atoms with Crippen LogP contribution < -0.4 is 5.32 Å².